The van der Waals surface area contributed by atoms with Crippen molar-refractivity contribution in [1.29, 1.82) is 0 Å². The standard InChI is InChI=1S/C8H16F3NO/c1-3-13-6(2)7(12)4-5-8(9,10)11/h6-7H,3-5,12H2,1-2H3. The van der Waals surface area contributed by atoms with Crippen LogP contribution in [0.15, 0.2) is 0 Å². The van der Waals surface area contributed by atoms with Gasteiger partial charge in [-0.25, -0.2) is 0 Å². The molecule has 0 spiro atoms. The average Bonchev–Trinajstić information content (AvgIpc) is 1.99. The van der Waals surface area contributed by atoms with Gasteiger partial charge in [0.15, 0.2) is 0 Å². The predicted octanol–water partition coefficient (Wildman–Crippen LogP) is 2.08. The van der Waals surface area contributed by atoms with E-state index in [4.69, 9.17) is 10.5 Å². The maximum absolute atomic E-state index is 11.8. The lowest BCUT2D eigenvalue weighted by Crippen LogP contribution is -2.35. The summed E-state index contributed by atoms with van der Waals surface area (Å²) in [5, 5.41) is 0. The van der Waals surface area contributed by atoms with Crippen LogP contribution in [0.25, 0.3) is 0 Å². The van der Waals surface area contributed by atoms with Crippen molar-refractivity contribution in [1.82, 2.24) is 0 Å². The van der Waals surface area contributed by atoms with Gasteiger partial charge < -0.3 is 10.5 Å². The first-order valence-electron chi connectivity index (χ1n) is 4.30. The van der Waals surface area contributed by atoms with Gasteiger partial charge in [-0.3, -0.25) is 0 Å². The molecule has 0 aromatic rings. The van der Waals surface area contributed by atoms with Crippen LogP contribution in [0.3, 0.4) is 0 Å². The van der Waals surface area contributed by atoms with Gasteiger partial charge in [-0.1, -0.05) is 0 Å². The van der Waals surface area contributed by atoms with Crippen molar-refractivity contribution in [2.75, 3.05) is 6.61 Å². The molecule has 2 nitrogen and oxygen atoms in total. The fourth-order valence-corrected chi connectivity index (χ4v) is 0.952. The van der Waals surface area contributed by atoms with E-state index in [1.807, 2.05) is 0 Å². The van der Waals surface area contributed by atoms with Gasteiger partial charge >= 0.3 is 6.18 Å². The third-order valence-electron chi connectivity index (χ3n) is 1.79. The zero-order valence-electron chi connectivity index (χ0n) is 7.90. The smallest absolute Gasteiger partial charge is 0.377 e. The van der Waals surface area contributed by atoms with Gasteiger partial charge in [0.25, 0.3) is 0 Å². The van der Waals surface area contributed by atoms with E-state index in [9.17, 15) is 13.2 Å². The van der Waals surface area contributed by atoms with Crippen molar-refractivity contribution in [3.8, 4) is 0 Å². The Labute approximate surface area is 76.2 Å². The summed E-state index contributed by atoms with van der Waals surface area (Å²) in [5.41, 5.74) is 5.49. The summed E-state index contributed by atoms with van der Waals surface area (Å²) in [5.74, 6) is 0. The number of rotatable bonds is 5. The van der Waals surface area contributed by atoms with Crippen LogP contribution >= 0.6 is 0 Å². The molecule has 0 bridgehead atoms. The Kier molecular flexibility index (Phi) is 5.32. The number of ether oxygens (including phenoxy) is 1. The molecular weight excluding hydrogens is 183 g/mol. The van der Waals surface area contributed by atoms with Crippen LogP contribution in [0, 0.1) is 0 Å². The topological polar surface area (TPSA) is 35.2 Å². The molecule has 2 N–H and O–H groups in total. The third kappa shape index (κ3) is 6.83. The van der Waals surface area contributed by atoms with Crippen molar-refractivity contribution in [3.63, 3.8) is 0 Å². The molecule has 0 aromatic carbocycles. The second kappa shape index (κ2) is 5.44. The molecule has 0 aliphatic rings. The number of halogens is 3. The molecule has 0 radical (unpaired) electrons. The minimum Gasteiger partial charge on any atom is -0.377 e. The minimum atomic E-state index is -4.12. The number of hydrogen-bond donors (Lipinski definition) is 1. The Morgan fingerprint density at radius 1 is 1.38 bits per heavy atom. The van der Waals surface area contributed by atoms with E-state index in [-0.39, 0.29) is 12.5 Å². The molecule has 80 valence electrons. The molecule has 5 heteroatoms. The Morgan fingerprint density at radius 3 is 2.31 bits per heavy atom. The molecule has 0 fully saturated rings. The van der Waals surface area contributed by atoms with Crippen molar-refractivity contribution in [3.05, 3.63) is 0 Å². The predicted molar refractivity (Wildman–Crippen MR) is 44.4 cm³/mol. The highest BCUT2D eigenvalue weighted by Gasteiger charge is 2.28. The van der Waals surface area contributed by atoms with Crippen molar-refractivity contribution in [2.45, 2.75) is 45.0 Å². The molecule has 13 heavy (non-hydrogen) atoms. The lowest BCUT2D eigenvalue weighted by atomic mass is 10.1. The zero-order chi connectivity index (χ0) is 10.5. The number of hydrogen-bond acceptors (Lipinski definition) is 2. The van der Waals surface area contributed by atoms with Crippen LogP contribution in [0.2, 0.25) is 0 Å². The van der Waals surface area contributed by atoms with Crippen molar-refractivity contribution in [2.24, 2.45) is 5.73 Å². The average molecular weight is 199 g/mol. The highest BCUT2D eigenvalue weighted by atomic mass is 19.4. The van der Waals surface area contributed by atoms with Crippen LogP contribution in [0.1, 0.15) is 26.7 Å². The fourth-order valence-electron chi connectivity index (χ4n) is 0.952. The maximum Gasteiger partial charge on any atom is 0.389 e. The molecule has 0 aliphatic carbocycles. The van der Waals surface area contributed by atoms with E-state index >= 15 is 0 Å². The normalized spacial score (nSPS) is 17.1. The molecule has 2 atom stereocenters. The van der Waals surface area contributed by atoms with E-state index in [1.54, 1.807) is 13.8 Å². The van der Waals surface area contributed by atoms with Gasteiger partial charge in [0, 0.05) is 19.1 Å². The lowest BCUT2D eigenvalue weighted by Gasteiger charge is -2.20. The fraction of sp³-hybridized carbons (Fsp3) is 1.00. The van der Waals surface area contributed by atoms with Crippen molar-refractivity contribution >= 4 is 0 Å². The summed E-state index contributed by atoms with van der Waals surface area (Å²) in [6.07, 6.45) is -5.35. The first-order valence-corrected chi connectivity index (χ1v) is 4.30. The Morgan fingerprint density at radius 2 is 1.92 bits per heavy atom. The molecule has 2 unspecified atom stereocenters. The summed E-state index contributed by atoms with van der Waals surface area (Å²) in [6, 6.07) is -0.540. The van der Waals surface area contributed by atoms with Gasteiger partial charge in [-0.2, -0.15) is 13.2 Å². The SMILES string of the molecule is CCOC(C)C(N)CCC(F)(F)F. The molecule has 0 saturated heterocycles. The Balaban J connectivity index is 3.67. The second-order valence-electron chi connectivity index (χ2n) is 2.98. The van der Waals surface area contributed by atoms with Crippen molar-refractivity contribution < 1.29 is 17.9 Å². The largest absolute Gasteiger partial charge is 0.389 e. The van der Waals surface area contributed by atoms with Crippen LogP contribution in [-0.2, 0) is 4.74 Å². The number of nitrogens with two attached hydrogens (primary N) is 1. The van der Waals surface area contributed by atoms with Gasteiger partial charge in [-0.05, 0) is 20.3 Å². The van der Waals surface area contributed by atoms with Gasteiger partial charge in [0.1, 0.15) is 0 Å². The van der Waals surface area contributed by atoms with Crippen LogP contribution in [0.4, 0.5) is 13.2 Å². The third-order valence-corrected chi connectivity index (χ3v) is 1.79. The summed E-state index contributed by atoms with van der Waals surface area (Å²) < 4.78 is 40.4. The van der Waals surface area contributed by atoms with E-state index < -0.39 is 18.6 Å². The van der Waals surface area contributed by atoms with Crippen LogP contribution in [0.5, 0.6) is 0 Å². The van der Waals surface area contributed by atoms with Gasteiger partial charge in [-0.15, -0.1) is 0 Å². The lowest BCUT2D eigenvalue weighted by molar-refractivity contribution is -0.137. The first kappa shape index (κ1) is 12.7. The summed E-state index contributed by atoms with van der Waals surface area (Å²) >= 11 is 0. The second-order valence-corrected chi connectivity index (χ2v) is 2.98. The highest BCUT2D eigenvalue weighted by Crippen LogP contribution is 2.22. The summed E-state index contributed by atoms with van der Waals surface area (Å²) in [4.78, 5) is 0. The van der Waals surface area contributed by atoms with E-state index in [2.05, 4.69) is 0 Å². The quantitative estimate of drug-likeness (QED) is 0.735. The van der Waals surface area contributed by atoms with Gasteiger partial charge in [0.2, 0.25) is 0 Å². The molecule has 0 saturated carbocycles. The Bertz CT molecular complexity index is 138. The molecule has 0 aliphatic heterocycles. The van der Waals surface area contributed by atoms with Crippen LogP contribution in [-0.4, -0.2) is 24.9 Å². The summed E-state index contributed by atoms with van der Waals surface area (Å²) in [7, 11) is 0. The molecule has 0 amide bonds. The Hall–Kier alpha value is -0.290. The zero-order valence-corrected chi connectivity index (χ0v) is 7.90. The number of alkyl halides is 3. The molecular formula is C8H16F3NO. The minimum absolute atomic E-state index is 0.0787. The van der Waals surface area contributed by atoms with E-state index in [1.165, 1.54) is 0 Å². The molecule has 0 rings (SSSR count). The molecule has 0 heterocycles. The van der Waals surface area contributed by atoms with Crippen LogP contribution < -0.4 is 5.73 Å². The first-order chi connectivity index (χ1) is 5.87. The van der Waals surface area contributed by atoms with Gasteiger partial charge in [0.05, 0.1) is 6.10 Å². The monoisotopic (exact) mass is 199 g/mol. The maximum atomic E-state index is 11.8. The summed E-state index contributed by atoms with van der Waals surface area (Å²) in [6.45, 7) is 3.94. The molecule has 0 aromatic heterocycles. The van der Waals surface area contributed by atoms with E-state index in [0.29, 0.717) is 6.61 Å². The van der Waals surface area contributed by atoms with E-state index in [0.717, 1.165) is 0 Å². The highest BCUT2D eigenvalue weighted by molar-refractivity contribution is 4.70.